The predicted molar refractivity (Wildman–Crippen MR) is 90.0 cm³/mol. The van der Waals surface area contributed by atoms with Gasteiger partial charge < -0.3 is 0 Å². The van der Waals surface area contributed by atoms with Crippen molar-refractivity contribution in [2.75, 3.05) is 19.7 Å². The topological polar surface area (TPSA) is 12.5 Å². The van der Waals surface area contributed by atoms with Crippen molar-refractivity contribution in [1.29, 1.82) is 0 Å². The molecule has 0 N–H and O–H groups in total. The van der Waals surface area contributed by atoms with Crippen molar-refractivity contribution in [3.8, 4) is 0 Å². The molecule has 0 spiro atoms. The first-order valence-corrected chi connectivity index (χ1v) is 9.23. The van der Waals surface area contributed by atoms with Gasteiger partial charge in [-0.25, -0.2) is 0 Å². The summed E-state index contributed by atoms with van der Waals surface area (Å²) in [5, 5.41) is 2.25. The minimum atomic E-state index is 0.918. The molecule has 0 aromatic carbocycles. The lowest BCUT2D eigenvalue weighted by atomic mass is 10.2. The second-order valence-corrected chi connectivity index (χ2v) is 5.94. The standard InChI is InChI=1S/C18H39NO/c1-4-7-10-13-16-19(17-14-11-8-5-2)20-18-15-12-9-6-3/h4-18H2,1-3H3. The highest BCUT2D eigenvalue weighted by atomic mass is 16.7. The van der Waals surface area contributed by atoms with Gasteiger partial charge >= 0.3 is 0 Å². The fourth-order valence-corrected chi connectivity index (χ4v) is 2.39. The van der Waals surface area contributed by atoms with Gasteiger partial charge in [0.1, 0.15) is 0 Å². The van der Waals surface area contributed by atoms with Crippen molar-refractivity contribution < 1.29 is 4.84 Å². The van der Waals surface area contributed by atoms with E-state index in [1.807, 2.05) is 0 Å². The van der Waals surface area contributed by atoms with Crippen LogP contribution in [0.5, 0.6) is 0 Å². The molecule has 0 radical (unpaired) electrons. The monoisotopic (exact) mass is 285 g/mol. The molecule has 0 aromatic rings. The average molecular weight is 286 g/mol. The lowest BCUT2D eigenvalue weighted by Crippen LogP contribution is -2.27. The molecular formula is C18H39NO. The quantitative estimate of drug-likeness (QED) is 0.256. The van der Waals surface area contributed by atoms with Crippen LogP contribution in [0.1, 0.15) is 97.8 Å². The summed E-state index contributed by atoms with van der Waals surface area (Å²) in [5.74, 6) is 0. The fraction of sp³-hybridized carbons (Fsp3) is 1.00. The molecule has 0 saturated heterocycles. The predicted octanol–water partition coefficient (Wildman–Crippen LogP) is 5.96. The van der Waals surface area contributed by atoms with E-state index >= 15 is 0 Å². The molecule has 0 aliphatic carbocycles. The maximum absolute atomic E-state index is 5.98. The SMILES string of the molecule is CCCCCCON(CCCCCC)CCCCCC. The first-order chi connectivity index (χ1) is 9.85. The Kier molecular flexibility index (Phi) is 16.9. The Balaban J connectivity index is 3.67. The van der Waals surface area contributed by atoms with E-state index in [0.29, 0.717) is 0 Å². The van der Waals surface area contributed by atoms with Gasteiger partial charge in [-0.05, 0) is 19.3 Å². The Morgan fingerprint density at radius 1 is 0.550 bits per heavy atom. The molecule has 0 atom stereocenters. The summed E-state index contributed by atoms with van der Waals surface area (Å²) in [6.07, 6.45) is 15.8. The highest BCUT2D eigenvalue weighted by molar-refractivity contribution is 4.51. The minimum absolute atomic E-state index is 0.918. The van der Waals surface area contributed by atoms with Gasteiger partial charge in [0, 0.05) is 13.1 Å². The van der Waals surface area contributed by atoms with E-state index < -0.39 is 0 Å². The molecule has 0 fully saturated rings. The average Bonchev–Trinajstić information content (AvgIpc) is 2.47. The van der Waals surface area contributed by atoms with Gasteiger partial charge in [-0.2, -0.15) is 5.06 Å². The van der Waals surface area contributed by atoms with Gasteiger partial charge in [0.05, 0.1) is 6.61 Å². The van der Waals surface area contributed by atoms with Crippen LogP contribution in [0.25, 0.3) is 0 Å². The third kappa shape index (κ3) is 14.3. The first-order valence-electron chi connectivity index (χ1n) is 9.23. The zero-order valence-corrected chi connectivity index (χ0v) is 14.5. The number of unbranched alkanes of at least 4 members (excludes halogenated alkanes) is 9. The van der Waals surface area contributed by atoms with E-state index in [4.69, 9.17) is 4.84 Å². The summed E-state index contributed by atoms with van der Waals surface area (Å²) in [6.45, 7) is 9.97. The van der Waals surface area contributed by atoms with E-state index in [-0.39, 0.29) is 0 Å². The van der Waals surface area contributed by atoms with Crippen LogP contribution in [0.3, 0.4) is 0 Å². The van der Waals surface area contributed by atoms with Crippen LogP contribution < -0.4 is 0 Å². The van der Waals surface area contributed by atoms with Crippen LogP contribution in [0.2, 0.25) is 0 Å². The van der Waals surface area contributed by atoms with E-state index in [0.717, 1.165) is 19.7 Å². The molecule has 0 aromatic heterocycles. The van der Waals surface area contributed by atoms with Gasteiger partial charge in [-0.3, -0.25) is 4.84 Å². The first kappa shape index (κ1) is 19.9. The maximum atomic E-state index is 5.98. The Morgan fingerprint density at radius 2 is 1.00 bits per heavy atom. The Hall–Kier alpha value is -0.0800. The van der Waals surface area contributed by atoms with Crippen molar-refractivity contribution >= 4 is 0 Å². The number of hydrogen-bond donors (Lipinski definition) is 0. The molecule has 0 unspecified atom stereocenters. The molecule has 2 heteroatoms. The van der Waals surface area contributed by atoms with Gasteiger partial charge in [0.2, 0.25) is 0 Å². The Bertz CT molecular complexity index is 161. The zero-order chi connectivity index (χ0) is 14.9. The van der Waals surface area contributed by atoms with Crippen LogP contribution in [0.4, 0.5) is 0 Å². The van der Waals surface area contributed by atoms with Crippen molar-refractivity contribution in [1.82, 2.24) is 5.06 Å². The van der Waals surface area contributed by atoms with Crippen LogP contribution in [0.15, 0.2) is 0 Å². The fourth-order valence-electron chi connectivity index (χ4n) is 2.39. The molecule has 0 bridgehead atoms. The smallest absolute Gasteiger partial charge is 0.0685 e. The molecule has 0 heterocycles. The van der Waals surface area contributed by atoms with Crippen LogP contribution in [-0.4, -0.2) is 24.8 Å². The van der Waals surface area contributed by atoms with Gasteiger partial charge in [-0.15, -0.1) is 0 Å². The highest BCUT2D eigenvalue weighted by Crippen LogP contribution is 2.07. The van der Waals surface area contributed by atoms with Gasteiger partial charge in [0.25, 0.3) is 0 Å². The number of hydrogen-bond acceptors (Lipinski definition) is 2. The number of hydroxylamine groups is 2. The van der Waals surface area contributed by atoms with Crippen molar-refractivity contribution in [3.05, 3.63) is 0 Å². The summed E-state index contributed by atoms with van der Waals surface area (Å²) in [6, 6.07) is 0. The molecule has 0 saturated carbocycles. The van der Waals surface area contributed by atoms with Crippen LogP contribution >= 0.6 is 0 Å². The van der Waals surface area contributed by atoms with Crippen molar-refractivity contribution in [2.45, 2.75) is 97.8 Å². The van der Waals surface area contributed by atoms with Crippen molar-refractivity contribution in [2.24, 2.45) is 0 Å². The van der Waals surface area contributed by atoms with Crippen LogP contribution in [0, 0.1) is 0 Å². The molecule has 20 heavy (non-hydrogen) atoms. The van der Waals surface area contributed by atoms with E-state index in [9.17, 15) is 0 Å². The normalized spacial score (nSPS) is 11.4. The minimum Gasteiger partial charge on any atom is -0.299 e. The summed E-state index contributed by atoms with van der Waals surface area (Å²) in [4.78, 5) is 5.98. The summed E-state index contributed by atoms with van der Waals surface area (Å²) in [7, 11) is 0. The lowest BCUT2D eigenvalue weighted by Gasteiger charge is -2.22. The lowest BCUT2D eigenvalue weighted by molar-refractivity contribution is -0.161. The zero-order valence-electron chi connectivity index (χ0n) is 14.5. The second-order valence-electron chi connectivity index (χ2n) is 5.94. The molecule has 0 amide bonds. The number of nitrogens with zero attached hydrogens (tertiary/aromatic N) is 1. The Morgan fingerprint density at radius 3 is 1.45 bits per heavy atom. The second kappa shape index (κ2) is 17.0. The third-order valence-electron chi connectivity index (χ3n) is 3.79. The maximum Gasteiger partial charge on any atom is 0.0685 e. The largest absolute Gasteiger partial charge is 0.299 e. The number of rotatable bonds is 16. The molecule has 122 valence electrons. The van der Waals surface area contributed by atoms with Gasteiger partial charge in [-0.1, -0.05) is 78.6 Å². The van der Waals surface area contributed by atoms with Gasteiger partial charge in [0.15, 0.2) is 0 Å². The van der Waals surface area contributed by atoms with E-state index in [2.05, 4.69) is 25.8 Å². The third-order valence-corrected chi connectivity index (χ3v) is 3.79. The molecule has 0 aliphatic rings. The van der Waals surface area contributed by atoms with Crippen molar-refractivity contribution in [3.63, 3.8) is 0 Å². The Labute approximate surface area is 128 Å². The molecular weight excluding hydrogens is 246 g/mol. The van der Waals surface area contributed by atoms with E-state index in [1.54, 1.807) is 0 Å². The molecule has 0 rings (SSSR count). The summed E-state index contributed by atoms with van der Waals surface area (Å²) in [5.41, 5.74) is 0. The summed E-state index contributed by atoms with van der Waals surface area (Å²) >= 11 is 0. The van der Waals surface area contributed by atoms with E-state index in [1.165, 1.54) is 77.0 Å². The molecule has 2 nitrogen and oxygen atoms in total. The van der Waals surface area contributed by atoms with Crippen LogP contribution in [-0.2, 0) is 4.84 Å². The summed E-state index contributed by atoms with van der Waals surface area (Å²) < 4.78 is 0. The highest BCUT2D eigenvalue weighted by Gasteiger charge is 2.05. The molecule has 0 aliphatic heterocycles.